The summed E-state index contributed by atoms with van der Waals surface area (Å²) in [4.78, 5) is 0. The minimum atomic E-state index is 0.756. The average molecular weight is 244 g/mol. The van der Waals surface area contributed by atoms with Gasteiger partial charge < -0.3 is 14.6 Å². The Morgan fingerprint density at radius 1 is 1.17 bits per heavy atom. The third kappa shape index (κ3) is 4.26. The first kappa shape index (κ1) is 12.7. The van der Waals surface area contributed by atoms with Gasteiger partial charge in [-0.25, -0.2) is 0 Å². The topological polar surface area (TPSA) is 26.2 Å². The second-order valence-electron chi connectivity index (χ2n) is 4.38. The molecule has 0 bridgehead atoms. The van der Waals surface area contributed by atoms with Crippen molar-refractivity contribution in [2.45, 2.75) is 13.0 Å². The lowest BCUT2D eigenvalue weighted by molar-refractivity contribution is 0.308. The highest BCUT2D eigenvalue weighted by Gasteiger charge is 1.95. The zero-order valence-corrected chi connectivity index (χ0v) is 10.8. The molecule has 0 saturated carbocycles. The van der Waals surface area contributed by atoms with Crippen LogP contribution in [0.4, 0.5) is 0 Å². The van der Waals surface area contributed by atoms with Crippen LogP contribution in [0.15, 0.2) is 48.8 Å². The third-order valence-corrected chi connectivity index (χ3v) is 2.73. The molecule has 18 heavy (non-hydrogen) atoms. The number of hydrogen-bond acceptors (Lipinski definition) is 2. The Bertz CT molecular complexity index is 451. The van der Waals surface area contributed by atoms with Gasteiger partial charge in [0.25, 0.3) is 0 Å². The first-order chi connectivity index (χ1) is 8.84. The van der Waals surface area contributed by atoms with Crippen LogP contribution in [0.3, 0.4) is 0 Å². The van der Waals surface area contributed by atoms with Crippen LogP contribution < -0.4 is 10.1 Å². The number of rotatable bonds is 7. The summed E-state index contributed by atoms with van der Waals surface area (Å²) in [6.45, 7) is 2.65. The summed E-state index contributed by atoms with van der Waals surface area (Å²) in [6.07, 6.45) is 5.21. The lowest BCUT2D eigenvalue weighted by Gasteiger charge is -2.06. The predicted octanol–water partition coefficient (Wildman–Crippen LogP) is 2.58. The maximum Gasteiger partial charge on any atom is 0.119 e. The number of nitrogens with zero attached hydrogens (tertiary/aromatic N) is 1. The van der Waals surface area contributed by atoms with Gasteiger partial charge in [0.05, 0.1) is 6.61 Å². The first-order valence-electron chi connectivity index (χ1n) is 6.34. The Balaban J connectivity index is 1.54. The Morgan fingerprint density at radius 3 is 2.72 bits per heavy atom. The van der Waals surface area contributed by atoms with Crippen molar-refractivity contribution in [2.75, 3.05) is 13.2 Å². The summed E-state index contributed by atoms with van der Waals surface area (Å²) in [5.41, 5.74) is 1.32. The van der Waals surface area contributed by atoms with Crippen LogP contribution in [-0.2, 0) is 13.6 Å². The molecule has 0 spiro atoms. The second kappa shape index (κ2) is 6.87. The van der Waals surface area contributed by atoms with E-state index in [4.69, 9.17) is 4.74 Å². The molecular formula is C15H20N2O. The average Bonchev–Trinajstić information content (AvgIpc) is 2.81. The number of aromatic nitrogens is 1. The summed E-state index contributed by atoms with van der Waals surface area (Å²) in [7, 11) is 2.04. The molecule has 1 heterocycles. The molecule has 0 atom stereocenters. The summed E-state index contributed by atoms with van der Waals surface area (Å²) < 4.78 is 7.68. The highest BCUT2D eigenvalue weighted by atomic mass is 16.5. The van der Waals surface area contributed by atoms with Crippen LogP contribution in [-0.4, -0.2) is 17.7 Å². The van der Waals surface area contributed by atoms with E-state index < -0.39 is 0 Å². The van der Waals surface area contributed by atoms with Gasteiger partial charge in [0.2, 0.25) is 0 Å². The van der Waals surface area contributed by atoms with E-state index in [-0.39, 0.29) is 0 Å². The van der Waals surface area contributed by atoms with E-state index in [2.05, 4.69) is 28.3 Å². The fraction of sp³-hybridized carbons (Fsp3) is 0.333. The van der Waals surface area contributed by atoms with E-state index in [9.17, 15) is 0 Å². The van der Waals surface area contributed by atoms with Crippen LogP contribution in [0, 0.1) is 0 Å². The molecule has 0 aliphatic heterocycles. The van der Waals surface area contributed by atoms with E-state index in [0.717, 1.165) is 31.9 Å². The molecule has 0 amide bonds. The number of nitrogens with one attached hydrogen (secondary N) is 1. The molecule has 3 nitrogen and oxygen atoms in total. The molecular weight excluding hydrogens is 224 g/mol. The minimum Gasteiger partial charge on any atom is -0.494 e. The van der Waals surface area contributed by atoms with Crippen molar-refractivity contribution in [2.24, 2.45) is 7.05 Å². The Kier molecular flexibility index (Phi) is 4.85. The lowest BCUT2D eigenvalue weighted by Crippen LogP contribution is -2.16. The summed E-state index contributed by atoms with van der Waals surface area (Å²) in [6, 6.07) is 12.1. The highest BCUT2D eigenvalue weighted by Crippen LogP contribution is 2.08. The SMILES string of the molecule is Cn1ccc(CNCCCOc2ccccc2)c1. The quantitative estimate of drug-likeness (QED) is 0.758. The smallest absolute Gasteiger partial charge is 0.119 e. The molecule has 0 unspecified atom stereocenters. The molecule has 96 valence electrons. The molecule has 3 heteroatoms. The molecule has 0 aliphatic carbocycles. The van der Waals surface area contributed by atoms with Crippen molar-refractivity contribution < 1.29 is 4.74 Å². The van der Waals surface area contributed by atoms with Crippen molar-refractivity contribution in [3.05, 3.63) is 54.4 Å². The van der Waals surface area contributed by atoms with Crippen LogP contribution in [0.2, 0.25) is 0 Å². The molecule has 2 rings (SSSR count). The van der Waals surface area contributed by atoms with E-state index in [1.165, 1.54) is 5.56 Å². The zero-order valence-electron chi connectivity index (χ0n) is 10.8. The van der Waals surface area contributed by atoms with E-state index in [0.29, 0.717) is 0 Å². The summed E-state index contributed by atoms with van der Waals surface area (Å²) >= 11 is 0. The fourth-order valence-electron chi connectivity index (χ4n) is 1.80. The van der Waals surface area contributed by atoms with Crippen molar-refractivity contribution in [3.63, 3.8) is 0 Å². The molecule has 2 aromatic rings. The molecule has 0 radical (unpaired) electrons. The largest absolute Gasteiger partial charge is 0.494 e. The minimum absolute atomic E-state index is 0.756. The summed E-state index contributed by atoms with van der Waals surface area (Å²) in [5.74, 6) is 0.945. The third-order valence-electron chi connectivity index (χ3n) is 2.73. The number of hydrogen-bond donors (Lipinski definition) is 1. The number of ether oxygens (including phenoxy) is 1. The van der Waals surface area contributed by atoms with E-state index in [1.54, 1.807) is 0 Å². The van der Waals surface area contributed by atoms with Crippen molar-refractivity contribution in [3.8, 4) is 5.75 Å². The lowest BCUT2D eigenvalue weighted by atomic mass is 10.3. The predicted molar refractivity (Wildman–Crippen MR) is 73.7 cm³/mol. The van der Waals surface area contributed by atoms with Gasteiger partial charge in [0, 0.05) is 26.0 Å². The van der Waals surface area contributed by atoms with Crippen LogP contribution >= 0.6 is 0 Å². The van der Waals surface area contributed by atoms with E-state index >= 15 is 0 Å². The molecule has 1 aromatic heterocycles. The van der Waals surface area contributed by atoms with Gasteiger partial charge in [-0.3, -0.25) is 0 Å². The van der Waals surface area contributed by atoms with Crippen LogP contribution in [0.5, 0.6) is 5.75 Å². The Morgan fingerprint density at radius 2 is 2.00 bits per heavy atom. The molecule has 0 saturated heterocycles. The molecule has 0 aliphatic rings. The maximum absolute atomic E-state index is 5.62. The van der Waals surface area contributed by atoms with Crippen LogP contribution in [0.25, 0.3) is 0 Å². The van der Waals surface area contributed by atoms with Gasteiger partial charge in [0.1, 0.15) is 5.75 Å². The van der Waals surface area contributed by atoms with Crippen molar-refractivity contribution >= 4 is 0 Å². The molecule has 0 fully saturated rings. The second-order valence-corrected chi connectivity index (χ2v) is 4.38. The van der Waals surface area contributed by atoms with E-state index in [1.807, 2.05) is 37.4 Å². The normalized spacial score (nSPS) is 10.5. The first-order valence-corrected chi connectivity index (χ1v) is 6.34. The van der Waals surface area contributed by atoms with Gasteiger partial charge in [0.15, 0.2) is 0 Å². The van der Waals surface area contributed by atoms with Crippen molar-refractivity contribution in [1.29, 1.82) is 0 Å². The monoisotopic (exact) mass is 244 g/mol. The number of aryl methyl sites for hydroxylation is 1. The zero-order chi connectivity index (χ0) is 12.6. The van der Waals surface area contributed by atoms with Crippen molar-refractivity contribution in [1.82, 2.24) is 9.88 Å². The van der Waals surface area contributed by atoms with Crippen LogP contribution in [0.1, 0.15) is 12.0 Å². The van der Waals surface area contributed by atoms with Gasteiger partial charge >= 0.3 is 0 Å². The summed E-state index contributed by atoms with van der Waals surface area (Å²) in [5, 5.41) is 3.41. The Labute approximate surface area is 108 Å². The van der Waals surface area contributed by atoms with Gasteiger partial charge in [-0.1, -0.05) is 18.2 Å². The van der Waals surface area contributed by atoms with Gasteiger partial charge in [-0.2, -0.15) is 0 Å². The number of benzene rings is 1. The highest BCUT2D eigenvalue weighted by molar-refractivity contribution is 5.20. The van der Waals surface area contributed by atoms with Gasteiger partial charge in [-0.15, -0.1) is 0 Å². The Hall–Kier alpha value is -1.74. The van der Waals surface area contributed by atoms with Gasteiger partial charge in [-0.05, 0) is 36.7 Å². The molecule has 1 N–H and O–H groups in total. The molecule has 1 aromatic carbocycles. The maximum atomic E-state index is 5.62. The number of para-hydroxylation sites is 1. The standard InChI is InChI=1S/C15H20N2O/c1-17-10-8-14(13-17)12-16-9-5-11-18-15-6-3-2-4-7-15/h2-4,6-8,10,13,16H,5,9,11-12H2,1H3. The fourth-order valence-corrected chi connectivity index (χ4v) is 1.80.